The van der Waals surface area contributed by atoms with Gasteiger partial charge in [0.15, 0.2) is 0 Å². The lowest BCUT2D eigenvalue weighted by molar-refractivity contribution is 0.669. The predicted octanol–water partition coefficient (Wildman–Crippen LogP) is 12.5. The second kappa shape index (κ2) is 9.83. The van der Waals surface area contributed by atoms with E-state index in [9.17, 15) is 0 Å². The van der Waals surface area contributed by atoms with Crippen LogP contribution in [0.2, 0.25) is 0 Å². The number of hydrogen-bond acceptors (Lipinski definition) is 3. The summed E-state index contributed by atoms with van der Waals surface area (Å²) < 4.78 is 11.1. The Balaban J connectivity index is 1.10. The van der Waals surface area contributed by atoms with Crippen molar-refractivity contribution in [1.82, 2.24) is 4.57 Å². The molecule has 0 aliphatic heterocycles. The van der Waals surface area contributed by atoms with Gasteiger partial charge >= 0.3 is 0 Å². The molecule has 7 aromatic carbocycles. The zero-order valence-corrected chi connectivity index (χ0v) is 25.5. The molecule has 4 heteroatoms. The van der Waals surface area contributed by atoms with Crippen LogP contribution in [0.5, 0.6) is 0 Å². The van der Waals surface area contributed by atoms with Gasteiger partial charge in [0.05, 0.1) is 11.0 Å². The highest BCUT2D eigenvalue weighted by atomic mass is 32.1. The summed E-state index contributed by atoms with van der Waals surface area (Å²) in [4.78, 5) is 0. The highest BCUT2D eigenvalue weighted by molar-refractivity contribution is 7.26. The summed E-state index contributed by atoms with van der Waals surface area (Å²) in [6.07, 6.45) is 0. The Labute approximate surface area is 268 Å². The van der Waals surface area contributed by atoms with E-state index in [0.29, 0.717) is 0 Å². The number of rotatable bonds is 4. The van der Waals surface area contributed by atoms with Crippen LogP contribution in [0.3, 0.4) is 0 Å². The number of benzene rings is 7. The number of fused-ring (bicyclic) bond motifs is 9. The number of nitrogens with one attached hydrogen (secondary N) is 1. The van der Waals surface area contributed by atoms with Crippen molar-refractivity contribution in [2.45, 2.75) is 0 Å². The molecule has 0 radical (unpaired) electrons. The molecule has 0 bridgehead atoms. The summed E-state index contributed by atoms with van der Waals surface area (Å²) in [6, 6.07) is 54.3. The van der Waals surface area contributed by atoms with Gasteiger partial charge < -0.3 is 14.3 Å². The van der Waals surface area contributed by atoms with Crippen LogP contribution in [0.4, 0.5) is 11.4 Å². The maximum atomic E-state index is 6.18. The molecular formula is C42H26N2OS. The Morgan fingerprint density at radius 1 is 0.478 bits per heavy atom. The molecule has 46 heavy (non-hydrogen) atoms. The van der Waals surface area contributed by atoms with Gasteiger partial charge in [-0.05, 0) is 83.9 Å². The lowest BCUT2D eigenvalue weighted by atomic mass is 10.00. The third-order valence-corrected chi connectivity index (χ3v) is 10.3. The van der Waals surface area contributed by atoms with E-state index in [-0.39, 0.29) is 0 Å². The van der Waals surface area contributed by atoms with Crippen LogP contribution in [0.1, 0.15) is 0 Å². The molecule has 0 atom stereocenters. The van der Waals surface area contributed by atoms with Gasteiger partial charge in [-0.15, -0.1) is 11.3 Å². The second-order valence-corrected chi connectivity index (χ2v) is 12.9. The van der Waals surface area contributed by atoms with E-state index in [1.165, 1.54) is 58.8 Å². The van der Waals surface area contributed by atoms with Crippen molar-refractivity contribution < 1.29 is 4.42 Å². The van der Waals surface area contributed by atoms with E-state index in [1.807, 2.05) is 23.5 Å². The molecule has 0 saturated heterocycles. The molecule has 3 aromatic heterocycles. The van der Waals surface area contributed by atoms with Gasteiger partial charge in [-0.2, -0.15) is 0 Å². The van der Waals surface area contributed by atoms with Crippen LogP contribution in [0, 0.1) is 0 Å². The second-order valence-electron chi connectivity index (χ2n) is 11.8. The number of thiophene rings is 1. The molecule has 10 rings (SSSR count). The first kappa shape index (κ1) is 25.5. The number of para-hydroxylation sites is 3. The molecule has 0 unspecified atom stereocenters. The largest absolute Gasteiger partial charge is 0.456 e. The standard InChI is InChI=1S/C42H26N2OS/c1-2-9-29(10-3-1)44-36-14-6-4-11-30(36)33-23-26(17-21-37(33)44)27-18-22-40-34(24-27)42-35(13-8-16-41(42)46-40)43-28-19-20-32-31-12-5-7-15-38(31)45-39(32)25-28/h1-25,43H. The van der Waals surface area contributed by atoms with Crippen molar-refractivity contribution in [3.63, 3.8) is 0 Å². The molecule has 0 amide bonds. The third kappa shape index (κ3) is 3.84. The van der Waals surface area contributed by atoms with E-state index >= 15 is 0 Å². The summed E-state index contributed by atoms with van der Waals surface area (Å²) in [5, 5.41) is 11.0. The average Bonchev–Trinajstić information content (AvgIpc) is 3.77. The zero-order chi connectivity index (χ0) is 30.2. The summed E-state index contributed by atoms with van der Waals surface area (Å²) in [6.45, 7) is 0. The molecule has 1 N–H and O–H groups in total. The lowest BCUT2D eigenvalue weighted by Gasteiger charge is -2.10. The van der Waals surface area contributed by atoms with E-state index in [0.717, 1.165) is 33.3 Å². The van der Waals surface area contributed by atoms with Gasteiger partial charge in [0.25, 0.3) is 0 Å². The Morgan fingerprint density at radius 2 is 1.22 bits per heavy atom. The van der Waals surface area contributed by atoms with Crippen molar-refractivity contribution in [3.05, 3.63) is 152 Å². The van der Waals surface area contributed by atoms with E-state index in [1.54, 1.807) is 0 Å². The van der Waals surface area contributed by atoms with Crippen molar-refractivity contribution >= 4 is 86.6 Å². The summed E-state index contributed by atoms with van der Waals surface area (Å²) in [7, 11) is 0. The maximum absolute atomic E-state index is 6.18. The van der Waals surface area contributed by atoms with Gasteiger partial charge in [-0.1, -0.05) is 72.8 Å². The minimum Gasteiger partial charge on any atom is -0.456 e. The topological polar surface area (TPSA) is 30.1 Å². The van der Waals surface area contributed by atoms with Crippen LogP contribution in [-0.2, 0) is 0 Å². The first-order valence-electron chi connectivity index (χ1n) is 15.5. The van der Waals surface area contributed by atoms with Crippen LogP contribution in [-0.4, -0.2) is 4.57 Å². The molecule has 216 valence electrons. The lowest BCUT2D eigenvalue weighted by Crippen LogP contribution is -1.92. The quantitative estimate of drug-likeness (QED) is 0.216. The fourth-order valence-electron chi connectivity index (χ4n) is 7.08. The molecule has 0 fully saturated rings. The summed E-state index contributed by atoms with van der Waals surface area (Å²) in [5.41, 5.74) is 9.94. The van der Waals surface area contributed by atoms with Gasteiger partial charge in [-0.3, -0.25) is 0 Å². The van der Waals surface area contributed by atoms with Crippen molar-refractivity contribution in [3.8, 4) is 16.8 Å². The molecule has 0 aliphatic carbocycles. The SMILES string of the molecule is c1ccc(-n2c3ccccc3c3cc(-c4ccc5sc6cccc(Nc7ccc8c(c7)oc7ccccc78)c6c5c4)ccc32)cc1. The number of aromatic nitrogens is 1. The van der Waals surface area contributed by atoms with Crippen LogP contribution >= 0.6 is 11.3 Å². The predicted molar refractivity (Wildman–Crippen MR) is 196 cm³/mol. The fourth-order valence-corrected chi connectivity index (χ4v) is 8.19. The minimum absolute atomic E-state index is 0.889. The normalized spacial score (nSPS) is 11.9. The Bertz CT molecular complexity index is 2780. The van der Waals surface area contributed by atoms with Gasteiger partial charge in [0.1, 0.15) is 11.2 Å². The zero-order valence-electron chi connectivity index (χ0n) is 24.7. The van der Waals surface area contributed by atoms with Crippen LogP contribution < -0.4 is 5.32 Å². The van der Waals surface area contributed by atoms with E-state index < -0.39 is 0 Å². The summed E-state index contributed by atoms with van der Waals surface area (Å²) >= 11 is 1.84. The molecular weight excluding hydrogens is 581 g/mol. The maximum Gasteiger partial charge on any atom is 0.137 e. The van der Waals surface area contributed by atoms with Gasteiger partial charge in [0, 0.05) is 64.8 Å². The summed E-state index contributed by atoms with van der Waals surface area (Å²) in [5.74, 6) is 0. The molecule has 10 aromatic rings. The number of anilines is 2. The first-order chi connectivity index (χ1) is 22.8. The third-order valence-electron chi connectivity index (χ3n) is 9.17. The minimum atomic E-state index is 0.889. The van der Waals surface area contributed by atoms with Gasteiger partial charge in [0.2, 0.25) is 0 Å². The Kier molecular flexibility index (Phi) is 5.45. The molecule has 0 spiro atoms. The Morgan fingerprint density at radius 3 is 2.13 bits per heavy atom. The average molecular weight is 607 g/mol. The highest BCUT2D eigenvalue weighted by Gasteiger charge is 2.15. The molecule has 3 heterocycles. The molecule has 0 aliphatic rings. The number of furan rings is 1. The van der Waals surface area contributed by atoms with Crippen molar-refractivity contribution in [2.24, 2.45) is 0 Å². The number of nitrogens with zero attached hydrogens (tertiary/aromatic N) is 1. The molecule has 0 saturated carbocycles. The first-order valence-corrected chi connectivity index (χ1v) is 16.3. The van der Waals surface area contributed by atoms with Crippen LogP contribution in [0.15, 0.2) is 156 Å². The highest BCUT2D eigenvalue weighted by Crippen LogP contribution is 2.42. The van der Waals surface area contributed by atoms with Crippen molar-refractivity contribution in [2.75, 3.05) is 5.32 Å². The van der Waals surface area contributed by atoms with Crippen molar-refractivity contribution in [1.29, 1.82) is 0 Å². The smallest absolute Gasteiger partial charge is 0.137 e. The number of hydrogen-bond donors (Lipinski definition) is 1. The monoisotopic (exact) mass is 606 g/mol. The van der Waals surface area contributed by atoms with Crippen LogP contribution in [0.25, 0.3) is 80.7 Å². The Hall–Kier alpha value is -5.84. The van der Waals surface area contributed by atoms with Gasteiger partial charge in [-0.25, -0.2) is 0 Å². The fraction of sp³-hybridized carbons (Fsp3) is 0. The molecule has 3 nitrogen and oxygen atoms in total. The van der Waals surface area contributed by atoms with E-state index in [4.69, 9.17) is 4.42 Å². The van der Waals surface area contributed by atoms with E-state index in [2.05, 4.69) is 149 Å².